The van der Waals surface area contributed by atoms with E-state index in [4.69, 9.17) is 10.1 Å². The Labute approximate surface area is 171 Å². The number of fused-ring (bicyclic) bond motifs is 1. The summed E-state index contributed by atoms with van der Waals surface area (Å²) in [5, 5.41) is 11.3. The molecule has 0 aliphatic carbocycles. The molecule has 0 saturated carbocycles. The SMILES string of the molecule is CCN1CCN(c2nc(-c3ccc(CCCO)c(F)c3)cc3ccccc23)CC1. The van der Waals surface area contributed by atoms with Crippen LogP contribution in [-0.4, -0.2) is 54.3 Å². The lowest BCUT2D eigenvalue weighted by Crippen LogP contribution is -2.46. The van der Waals surface area contributed by atoms with Crippen molar-refractivity contribution in [3.05, 3.63) is 59.9 Å². The highest BCUT2D eigenvalue weighted by molar-refractivity contribution is 5.95. The van der Waals surface area contributed by atoms with Gasteiger partial charge in [0.25, 0.3) is 0 Å². The molecule has 2 heterocycles. The normalized spacial score (nSPS) is 15.2. The van der Waals surface area contributed by atoms with Gasteiger partial charge in [-0.25, -0.2) is 9.37 Å². The zero-order chi connectivity index (χ0) is 20.2. The quantitative estimate of drug-likeness (QED) is 0.684. The fourth-order valence-electron chi connectivity index (χ4n) is 4.02. The first-order valence-electron chi connectivity index (χ1n) is 10.5. The van der Waals surface area contributed by atoms with Crippen molar-refractivity contribution in [1.29, 1.82) is 0 Å². The van der Waals surface area contributed by atoms with Crippen molar-refractivity contribution >= 4 is 16.6 Å². The maximum atomic E-state index is 14.6. The molecule has 29 heavy (non-hydrogen) atoms. The Kier molecular flexibility index (Phi) is 6.07. The van der Waals surface area contributed by atoms with E-state index in [1.807, 2.05) is 30.3 Å². The van der Waals surface area contributed by atoms with Crippen LogP contribution >= 0.6 is 0 Å². The molecule has 0 spiro atoms. The van der Waals surface area contributed by atoms with Crippen LogP contribution in [0, 0.1) is 5.82 Å². The molecular weight excluding hydrogens is 365 g/mol. The summed E-state index contributed by atoms with van der Waals surface area (Å²) < 4.78 is 14.6. The fourth-order valence-corrected chi connectivity index (χ4v) is 4.02. The third kappa shape index (κ3) is 4.26. The monoisotopic (exact) mass is 393 g/mol. The predicted octanol–water partition coefficient (Wildman–Crippen LogP) is 4.11. The maximum Gasteiger partial charge on any atom is 0.137 e. The predicted molar refractivity (Wildman–Crippen MR) is 117 cm³/mol. The molecule has 0 amide bonds. The van der Waals surface area contributed by atoms with Crippen molar-refractivity contribution in [2.45, 2.75) is 19.8 Å². The number of aryl methyl sites for hydroxylation is 1. The number of aliphatic hydroxyl groups excluding tert-OH is 1. The van der Waals surface area contributed by atoms with Gasteiger partial charge in [0.15, 0.2) is 0 Å². The standard InChI is InChI=1S/C24H28FN3O/c1-2-27-11-13-28(14-12-27)24-21-8-4-3-6-19(21)17-23(26-24)20-10-9-18(7-5-15-29)22(25)16-20/h3-4,6,8-10,16-17,29H,2,5,7,11-15H2,1H3. The second-order valence-corrected chi connectivity index (χ2v) is 7.61. The van der Waals surface area contributed by atoms with E-state index in [9.17, 15) is 4.39 Å². The molecule has 4 nitrogen and oxygen atoms in total. The Balaban J connectivity index is 1.71. The lowest BCUT2D eigenvalue weighted by atomic mass is 10.0. The average Bonchev–Trinajstić information content (AvgIpc) is 2.77. The molecule has 2 aromatic carbocycles. The summed E-state index contributed by atoms with van der Waals surface area (Å²) in [7, 11) is 0. The molecule has 1 N–H and O–H groups in total. The lowest BCUT2D eigenvalue weighted by Gasteiger charge is -2.35. The zero-order valence-corrected chi connectivity index (χ0v) is 16.9. The molecule has 1 aromatic heterocycles. The second kappa shape index (κ2) is 8.89. The number of aliphatic hydroxyl groups is 1. The van der Waals surface area contributed by atoms with Crippen LogP contribution in [0.3, 0.4) is 0 Å². The molecule has 152 valence electrons. The van der Waals surface area contributed by atoms with Crippen molar-refractivity contribution in [3.8, 4) is 11.3 Å². The summed E-state index contributed by atoms with van der Waals surface area (Å²) in [6, 6.07) is 15.7. The number of hydrogen-bond donors (Lipinski definition) is 1. The minimum atomic E-state index is -0.232. The van der Waals surface area contributed by atoms with E-state index in [-0.39, 0.29) is 12.4 Å². The molecule has 1 aliphatic heterocycles. The highest BCUT2D eigenvalue weighted by Crippen LogP contribution is 2.31. The number of benzene rings is 2. The number of anilines is 1. The summed E-state index contributed by atoms with van der Waals surface area (Å²) in [5.74, 6) is 0.752. The number of halogens is 1. The number of rotatable bonds is 6. The minimum Gasteiger partial charge on any atom is -0.396 e. The van der Waals surface area contributed by atoms with Crippen LogP contribution in [0.1, 0.15) is 18.9 Å². The van der Waals surface area contributed by atoms with Crippen LogP contribution < -0.4 is 4.90 Å². The van der Waals surface area contributed by atoms with Crippen LogP contribution in [0.2, 0.25) is 0 Å². The Hall–Kier alpha value is -2.50. The Morgan fingerprint density at radius 2 is 1.83 bits per heavy atom. The molecule has 5 heteroatoms. The summed E-state index contributed by atoms with van der Waals surface area (Å²) in [5.41, 5.74) is 2.22. The topological polar surface area (TPSA) is 39.6 Å². The Morgan fingerprint density at radius 3 is 2.55 bits per heavy atom. The molecule has 4 rings (SSSR count). The summed E-state index contributed by atoms with van der Waals surface area (Å²) in [4.78, 5) is 9.78. The van der Waals surface area contributed by atoms with Gasteiger partial charge in [-0.05, 0) is 42.5 Å². The van der Waals surface area contributed by atoms with Gasteiger partial charge in [-0.15, -0.1) is 0 Å². The zero-order valence-electron chi connectivity index (χ0n) is 16.9. The molecule has 1 saturated heterocycles. The van der Waals surface area contributed by atoms with Gasteiger partial charge in [0.05, 0.1) is 5.69 Å². The Morgan fingerprint density at radius 1 is 1.03 bits per heavy atom. The number of piperazine rings is 1. The Bertz CT molecular complexity index is 983. The molecule has 0 atom stereocenters. The largest absolute Gasteiger partial charge is 0.396 e. The first-order chi connectivity index (χ1) is 14.2. The minimum absolute atomic E-state index is 0.0715. The molecule has 1 fully saturated rings. The van der Waals surface area contributed by atoms with Crippen molar-refractivity contribution in [3.63, 3.8) is 0 Å². The fraction of sp³-hybridized carbons (Fsp3) is 0.375. The van der Waals surface area contributed by atoms with E-state index in [0.717, 1.165) is 60.6 Å². The van der Waals surface area contributed by atoms with E-state index in [1.54, 1.807) is 6.07 Å². The first-order valence-corrected chi connectivity index (χ1v) is 10.5. The summed E-state index contributed by atoms with van der Waals surface area (Å²) in [6.45, 7) is 7.30. The molecule has 3 aromatic rings. The number of nitrogens with zero attached hydrogens (tertiary/aromatic N) is 3. The lowest BCUT2D eigenvalue weighted by molar-refractivity contribution is 0.271. The molecule has 0 unspecified atom stereocenters. The number of pyridine rings is 1. The van der Waals surface area contributed by atoms with Gasteiger partial charge in [-0.1, -0.05) is 43.3 Å². The third-order valence-corrected chi connectivity index (χ3v) is 5.79. The van der Waals surface area contributed by atoms with Crippen molar-refractivity contribution in [2.24, 2.45) is 0 Å². The van der Waals surface area contributed by atoms with E-state index in [0.29, 0.717) is 18.4 Å². The van der Waals surface area contributed by atoms with Gasteiger partial charge >= 0.3 is 0 Å². The molecule has 0 bridgehead atoms. The van der Waals surface area contributed by atoms with Crippen LogP contribution in [0.5, 0.6) is 0 Å². The maximum absolute atomic E-state index is 14.6. The van der Waals surface area contributed by atoms with Gasteiger partial charge < -0.3 is 14.9 Å². The van der Waals surface area contributed by atoms with Crippen molar-refractivity contribution < 1.29 is 9.50 Å². The van der Waals surface area contributed by atoms with Gasteiger partial charge in [-0.2, -0.15) is 0 Å². The third-order valence-electron chi connectivity index (χ3n) is 5.79. The van der Waals surface area contributed by atoms with E-state index in [1.165, 1.54) is 0 Å². The van der Waals surface area contributed by atoms with E-state index < -0.39 is 0 Å². The van der Waals surface area contributed by atoms with Crippen LogP contribution in [0.15, 0.2) is 48.5 Å². The van der Waals surface area contributed by atoms with E-state index >= 15 is 0 Å². The molecule has 0 radical (unpaired) electrons. The highest BCUT2D eigenvalue weighted by atomic mass is 19.1. The highest BCUT2D eigenvalue weighted by Gasteiger charge is 2.20. The van der Waals surface area contributed by atoms with Gasteiger partial charge in [-0.3, -0.25) is 0 Å². The molecule has 1 aliphatic rings. The van der Waals surface area contributed by atoms with Crippen LogP contribution in [-0.2, 0) is 6.42 Å². The van der Waals surface area contributed by atoms with E-state index in [2.05, 4.69) is 28.9 Å². The van der Waals surface area contributed by atoms with Crippen molar-refractivity contribution in [2.75, 3.05) is 44.2 Å². The van der Waals surface area contributed by atoms with Crippen molar-refractivity contribution in [1.82, 2.24) is 9.88 Å². The number of hydrogen-bond acceptors (Lipinski definition) is 4. The van der Waals surface area contributed by atoms with Crippen LogP contribution in [0.4, 0.5) is 10.2 Å². The summed E-state index contributed by atoms with van der Waals surface area (Å²) in [6.07, 6.45) is 1.11. The molecular formula is C24H28FN3O. The first kappa shape index (κ1) is 19.8. The number of aromatic nitrogens is 1. The van der Waals surface area contributed by atoms with Gasteiger partial charge in [0, 0.05) is 43.7 Å². The van der Waals surface area contributed by atoms with Crippen LogP contribution in [0.25, 0.3) is 22.0 Å². The smallest absolute Gasteiger partial charge is 0.137 e. The second-order valence-electron chi connectivity index (χ2n) is 7.61. The number of likely N-dealkylation sites (N-methyl/N-ethyl adjacent to an activating group) is 1. The summed E-state index contributed by atoms with van der Waals surface area (Å²) >= 11 is 0. The average molecular weight is 394 g/mol. The van der Waals surface area contributed by atoms with Gasteiger partial charge in [0.2, 0.25) is 0 Å². The van der Waals surface area contributed by atoms with Gasteiger partial charge in [0.1, 0.15) is 11.6 Å².